The van der Waals surface area contributed by atoms with Crippen LogP contribution in [0.1, 0.15) is 30.0 Å². The highest BCUT2D eigenvalue weighted by molar-refractivity contribution is 6.09. The van der Waals surface area contributed by atoms with Gasteiger partial charge in [-0.1, -0.05) is 24.3 Å². The quantitative estimate of drug-likeness (QED) is 0.634. The van der Waals surface area contributed by atoms with Crippen LogP contribution in [0.2, 0.25) is 0 Å². The van der Waals surface area contributed by atoms with E-state index in [0.717, 1.165) is 11.3 Å². The summed E-state index contributed by atoms with van der Waals surface area (Å²) in [6, 6.07) is 14.5. The molecular weight excluding hydrogens is 346 g/mol. The molecule has 27 heavy (non-hydrogen) atoms. The maximum absolute atomic E-state index is 12.5. The summed E-state index contributed by atoms with van der Waals surface area (Å²) < 4.78 is 16.0. The molecule has 0 saturated heterocycles. The van der Waals surface area contributed by atoms with Crippen molar-refractivity contribution in [1.82, 2.24) is 0 Å². The predicted molar refractivity (Wildman–Crippen MR) is 102 cm³/mol. The van der Waals surface area contributed by atoms with E-state index in [9.17, 15) is 9.59 Å². The van der Waals surface area contributed by atoms with E-state index in [4.69, 9.17) is 13.9 Å². The number of furan rings is 1. The molecule has 0 fully saturated rings. The highest BCUT2D eigenvalue weighted by Gasteiger charge is 2.23. The lowest BCUT2D eigenvalue weighted by molar-refractivity contribution is -0.115. The Balaban J connectivity index is 1.81. The van der Waals surface area contributed by atoms with Crippen molar-refractivity contribution >= 4 is 28.5 Å². The Hall–Kier alpha value is -3.28. The number of fused-ring (bicyclic) bond motifs is 1. The molecule has 3 rings (SSSR count). The zero-order chi connectivity index (χ0) is 19.2. The summed E-state index contributed by atoms with van der Waals surface area (Å²) in [5.74, 6) is -0.105. The van der Waals surface area contributed by atoms with Crippen molar-refractivity contribution in [1.29, 1.82) is 0 Å². The van der Waals surface area contributed by atoms with Crippen LogP contribution in [0.5, 0.6) is 5.75 Å². The van der Waals surface area contributed by atoms with Gasteiger partial charge in [-0.3, -0.25) is 4.79 Å². The van der Waals surface area contributed by atoms with E-state index in [1.54, 1.807) is 25.1 Å². The highest BCUT2D eigenvalue weighted by Crippen LogP contribution is 2.31. The first-order chi connectivity index (χ1) is 13.1. The molecule has 0 saturated carbocycles. The number of carbonyl (C=O) groups excluding carboxylic acids is 2. The molecule has 0 aliphatic carbocycles. The van der Waals surface area contributed by atoms with Crippen LogP contribution in [-0.4, -0.2) is 25.1 Å². The number of rotatable bonds is 7. The predicted octanol–water partition coefficient (Wildman–Crippen LogP) is 4.19. The molecular formula is C21H21NO5. The number of hydrogen-bond donors (Lipinski definition) is 1. The second kappa shape index (κ2) is 8.40. The van der Waals surface area contributed by atoms with E-state index in [1.807, 2.05) is 37.3 Å². The monoisotopic (exact) mass is 367 g/mol. The number of carbonyl (C=O) groups is 2. The molecule has 0 atom stereocenters. The normalized spacial score (nSPS) is 10.6. The minimum Gasteiger partial charge on any atom is -0.494 e. The molecule has 1 N–H and O–H groups in total. The first-order valence-electron chi connectivity index (χ1n) is 8.82. The van der Waals surface area contributed by atoms with Crippen LogP contribution in [0.25, 0.3) is 11.0 Å². The number of hydrogen-bond acceptors (Lipinski definition) is 5. The molecule has 0 bridgehead atoms. The smallest absolute Gasteiger partial charge is 0.376 e. The van der Waals surface area contributed by atoms with Gasteiger partial charge in [0.25, 0.3) is 0 Å². The minimum atomic E-state index is -0.606. The molecule has 0 radical (unpaired) electrons. The van der Waals surface area contributed by atoms with E-state index >= 15 is 0 Å². The van der Waals surface area contributed by atoms with E-state index in [0.29, 0.717) is 23.3 Å². The second-order valence-corrected chi connectivity index (χ2v) is 5.82. The lowest BCUT2D eigenvalue weighted by Gasteiger charge is -2.07. The van der Waals surface area contributed by atoms with Crippen molar-refractivity contribution in [2.75, 3.05) is 18.5 Å². The standard InChI is InChI=1S/C21H21NO5/c1-3-25-15-11-9-14(10-12-15)13-18(23)22-19-16-7-5-6-8-17(16)27-20(19)21(24)26-4-2/h5-12H,3-4,13H2,1-2H3,(H,22,23). The van der Waals surface area contributed by atoms with Gasteiger partial charge in [0.1, 0.15) is 17.0 Å². The van der Waals surface area contributed by atoms with Crippen LogP contribution in [0.3, 0.4) is 0 Å². The summed E-state index contributed by atoms with van der Waals surface area (Å²) >= 11 is 0. The van der Waals surface area contributed by atoms with Crippen LogP contribution < -0.4 is 10.1 Å². The summed E-state index contributed by atoms with van der Waals surface area (Å²) in [7, 11) is 0. The second-order valence-electron chi connectivity index (χ2n) is 5.82. The topological polar surface area (TPSA) is 77.8 Å². The molecule has 0 aliphatic rings. The van der Waals surface area contributed by atoms with Crippen molar-refractivity contribution in [3.8, 4) is 5.75 Å². The first-order valence-corrected chi connectivity index (χ1v) is 8.82. The summed E-state index contributed by atoms with van der Waals surface area (Å²) in [5.41, 5.74) is 1.68. The van der Waals surface area contributed by atoms with Crippen LogP contribution in [0.15, 0.2) is 52.9 Å². The number of esters is 1. The van der Waals surface area contributed by atoms with E-state index in [2.05, 4.69) is 5.32 Å². The zero-order valence-corrected chi connectivity index (χ0v) is 15.3. The Bertz CT molecular complexity index is 943. The number of ether oxygens (including phenoxy) is 2. The van der Waals surface area contributed by atoms with E-state index in [-0.39, 0.29) is 24.7 Å². The molecule has 2 aromatic carbocycles. The summed E-state index contributed by atoms with van der Waals surface area (Å²) in [4.78, 5) is 24.7. The van der Waals surface area contributed by atoms with Gasteiger partial charge >= 0.3 is 5.97 Å². The van der Waals surface area contributed by atoms with Gasteiger partial charge in [0.05, 0.1) is 19.6 Å². The van der Waals surface area contributed by atoms with Crippen molar-refractivity contribution in [2.24, 2.45) is 0 Å². The van der Waals surface area contributed by atoms with Crippen LogP contribution in [0, 0.1) is 0 Å². The fourth-order valence-corrected chi connectivity index (χ4v) is 2.75. The molecule has 6 nitrogen and oxygen atoms in total. The Morgan fingerprint density at radius 1 is 1.00 bits per heavy atom. The number of amides is 1. The average molecular weight is 367 g/mol. The van der Waals surface area contributed by atoms with Gasteiger partial charge in [-0.25, -0.2) is 4.79 Å². The molecule has 3 aromatic rings. The van der Waals surface area contributed by atoms with Gasteiger partial charge in [0.2, 0.25) is 11.7 Å². The third-order valence-corrected chi connectivity index (χ3v) is 3.92. The van der Waals surface area contributed by atoms with Gasteiger partial charge in [0, 0.05) is 5.39 Å². The minimum absolute atomic E-state index is 0.00177. The highest BCUT2D eigenvalue weighted by atomic mass is 16.5. The Morgan fingerprint density at radius 3 is 2.44 bits per heavy atom. The largest absolute Gasteiger partial charge is 0.494 e. The molecule has 1 amide bonds. The Kier molecular flexibility index (Phi) is 5.76. The fraction of sp³-hybridized carbons (Fsp3) is 0.238. The van der Waals surface area contributed by atoms with Crippen LogP contribution in [-0.2, 0) is 16.0 Å². The van der Waals surface area contributed by atoms with Gasteiger partial charge in [-0.2, -0.15) is 0 Å². The molecule has 6 heteroatoms. The van der Waals surface area contributed by atoms with Gasteiger partial charge in [0.15, 0.2) is 0 Å². The Morgan fingerprint density at radius 2 is 1.74 bits per heavy atom. The van der Waals surface area contributed by atoms with E-state index < -0.39 is 5.97 Å². The third-order valence-electron chi connectivity index (χ3n) is 3.92. The molecule has 1 aromatic heterocycles. The lowest BCUT2D eigenvalue weighted by atomic mass is 10.1. The number of nitrogens with one attached hydrogen (secondary N) is 1. The van der Waals surface area contributed by atoms with Crippen molar-refractivity contribution in [3.05, 3.63) is 59.9 Å². The fourth-order valence-electron chi connectivity index (χ4n) is 2.75. The third kappa shape index (κ3) is 4.28. The molecule has 0 unspecified atom stereocenters. The summed E-state index contributed by atoms with van der Waals surface area (Å²) in [6.45, 7) is 4.43. The van der Waals surface area contributed by atoms with Gasteiger partial charge in [-0.05, 0) is 43.7 Å². The summed E-state index contributed by atoms with van der Waals surface area (Å²) in [6.07, 6.45) is 0.161. The summed E-state index contributed by atoms with van der Waals surface area (Å²) in [5, 5.41) is 3.45. The van der Waals surface area contributed by atoms with Crippen LogP contribution in [0.4, 0.5) is 5.69 Å². The lowest BCUT2D eigenvalue weighted by Crippen LogP contribution is -2.16. The zero-order valence-electron chi connectivity index (χ0n) is 15.3. The van der Waals surface area contributed by atoms with Gasteiger partial charge < -0.3 is 19.2 Å². The first kappa shape index (κ1) is 18.5. The van der Waals surface area contributed by atoms with Crippen molar-refractivity contribution in [3.63, 3.8) is 0 Å². The molecule has 0 aliphatic heterocycles. The Labute approximate surface area is 157 Å². The van der Waals surface area contributed by atoms with Crippen molar-refractivity contribution < 1.29 is 23.5 Å². The number of para-hydroxylation sites is 1. The molecule has 0 spiro atoms. The number of anilines is 1. The maximum atomic E-state index is 12.5. The van der Waals surface area contributed by atoms with E-state index in [1.165, 1.54) is 0 Å². The van der Waals surface area contributed by atoms with Crippen molar-refractivity contribution in [2.45, 2.75) is 20.3 Å². The maximum Gasteiger partial charge on any atom is 0.376 e. The molecule has 1 heterocycles. The SMILES string of the molecule is CCOC(=O)c1oc2ccccc2c1NC(=O)Cc1ccc(OCC)cc1. The number of benzene rings is 2. The molecule has 140 valence electrons. The average Bonchev–Trinajstić information content (AvgIpc) is 3.02. The van der Waals surface area contributed by atoms with Crippen LogP contribution >= 0.6 is 0 Å². The van der Waals surface area contributed by atoms with Gasteiger partial charge in [-0.15, -0.1) is 0 Å².